The normalized spacial score (nSPS) is 13.4. The summed E-state index contributed by atoms with van der Waals surface area (Å²) in [5.74, 6) is 0.954. The van der Waals surface area contributed by atoms with E-state index < -0.39 is 0 Å². The number of para-hydroxylation sites is 3. The zero-order chi connectivity index (χ0) is 26.7. The molecular formula is C35H32N4. The van der Waals surface area contributed by atoms with Crippen LogP contribution in [0.25, 0.3) is 27.6 Å². The highest BCUT2D eigenvalue weighted by Gasteiger charge is 2.28. The van der Waals surface area contributed by atoms with Gasteiger partial charge in [-0.2, -0.15) is 0 Å². The number of hydrogen-bond acceptors (Lipinski definition) is 3. The maximum Gasteiger partial charge on any atom is 0.137 e. The third-order valence-electron chi connectivity index (χ3n) is 8.34. The van der Waals surface area contributed by atoms with E-state index in [4.69, 9.17) is 4.98 Å². The molecule has 6 aromatic rings. The predicted octanol–water partition coefficient (Wildman–Crippen LogP) is 8.36. The minimum Gasteiger partial charge on any atom is -0.355 e. The van der Waals surface area contributed by atoms with Crippen molar-refractivity contribution in [1.82, 2.24) is 9.55 Å². The monoisotopic (exact) mass is 508 g/mol. The van der Waals surface area contributed by atoms with E-state index in [1.54, 1.807) is 0 Å². The number of aryl methyl sites for hydroxylation is 1. The Morgan fingerprint density at radius 1 is 0.692 bits per heavy atom. The van der Waals surface area contributed by atoms with Crippen molar-refractivity contribution >= 4 is 38.9 Å². The molecule has 0 fully saturated rings. The Labute approximate surface area is 229 Å². The molecule has 0 N–H and O–H groups in total. The molecular weight excluding hydrogens is 476 g/mol. The Kier molecular flexibility index (Phi) is 5.27. The molecule has 7 rings (SSSR count). The topological polar surface area (TPSA) is 24.3 Å². The lowest BCUT2D eigenvalue weighted by Crippen LogP contribution is -2.25. The lowest BCUT2D eigenvalue weighted by Gasteiger charge is -2.28. The third kappa shape index (κ3) is 3.70. The van der Waals surface area contributed by atoms with Crippen LogP contribution in [-0.4, -0.2) is 23.3 Å². The van der Waals surface area contributed by atoms with Gasteiger partial charge in [-0.1, -0.05) is 68.4 Å². The summed E-state index contributed by atoms with van der Waals surface area (Å²) in [5, 5.41) is 2.50. The second kappa shape index (κ2) is 8.74. The molecule has 4 aromatic carbocycles. The lowest BCUT2D eigenvalue weighted by atomic mass is 9.77. The van der Waals surface area contributed by atoms with E-state index in [0.717, 1.165) is 12.5 Å². The second-order valence-corrected chi connectivity index (χ2v) is 11.2. The van der Waals surface area contributed by atoms with Crippen molar-refractivity contribution in [3.05, 3.63) is 126 Å². The van der Waals surface area contributed by atoms with Gasteiger partial charge in [-0.05, 0) is 72.1 Å². The molecule has 0 atom stereocenters. The largest absolute Gasteiger partial charge is 0.355 e. The van der Waals surface area contributed by atoms with Crippen LogP contribution in [0.15, 0.2) is 109 Å². The smallest absolute Gasteiger partial charge is 0.137 e. The predicted molar refractivity (Wildman–Crippen MR) is 164 cm³/mol. The molecule has 39 heavy (non-hydrogen) atoms. The van der Waals surface area contributed by atoms with Crippen molar-refractivity contribution in [2.24, 2.45) is 0 Å². The minimum absolute atomic E-state index is 0.198. The number of anilines is 3. The number of rotatable bonds is 4. The Bertz CT molecular complexity index is 1860. The van der Waals surface area contributed by atoms with Crippen LogP contribution < -0.4 is 9.80 Å². The summed E-state index contributed by atoms with van der Waals surface area (Å²) in [5.41, 5.74) is 9.69. The van der Waals surface area contributed by atoms with Gasteiger partial charge in [-0.25, -0.2) is 4.98 Å². The number of hydrogen-bond donors (Lipinski definition) is 0. The van der Waals surface area contributed by atoms with Gasteiger partial charge >= 0.3 is 0 Å². The molecule has 192 valence electrons. The molecule has 4 nitrogen and oxygen atoms in total. The van der Waals surface area contributed by atoms with Crippen LogP contribution in [-0.2, 0) is 5.41 Å². The first-order chi connectivity index (χ1) is 18.9. The van der Waals surface area contributed by atoms with Crippen molar-refractivity contribution in [3.8, 4) is 5.82 Å². The van der Waals surface area contributed by atoms with E-state index in [2.05, 4.69) is 145 Å². The molecule has 3 heterocycles. The van der Waals surface area contributed by atoms with Crippen LogP contribution in [0.5, 0.6) is 0 Å². The molecule has 4 heteroatoms. The summed E-state index contributed by atoms with van der Waals surface area (Å²) in [7, 11) is 2.16. The highest BCUT2D eigenvalue weighted by molar-refractivity contribution is 6.09. The van der Waals surface area contributed by atoms with E-state index in [1.165, 1.54) is 55.6 Å². The zero-order valence-electron chi connectivity index (χ0n) is 22.9. The molecule has 0 saturated carbocycles. The molecule has 0 saturated heterocycles. The van der Waals surface area contributed by atoms with E-state index in [-0.39, 0.29) is 5.41 Å². The standard InChI is InChI=1S/C35H32N4/c1-24-18-19-36-34(20-24)39-30-13-6-5-12-28(30)29-17-16-26(22-33(29)39)35(2,3)25-10-9-11-27(21-25)38-23-37(4)31-14-7-8-15-32(31)38/h5-22H,23H2,1-4H3. The van der Waals surface area contributed by atoms with Gasteiger partial charge in [0.15, 0.2) is 0 Å². The van der Waals surface area contributed by atoms with Crippen molar-refractivity contribution in [2.75, 3.05) is 23.5 Å². The maximum atomic E-state index is 4.77. The van der Waals surface area contributed by atoms with Crippen molar-refractivity contribution < 1.29 is 0 Å². The average Bonchev–Trinajstić information content (AvgIpc) is 3.48. The molecule has 1 aliphatic heterocycles. The Balaban J connectivity index is 1.36. The number of benzene rings is 4. The minimum atomic E-state index is -0.198. The van der Waals surface area contributed by atoms with Gasteiger partial charge in [0.05, 0.1) is 29.1 Å². The van der Waals surface area contributed by atoms with E-state index >= 15 is 0 Å². The first-order valence-electron chi connectivity index (χ1n) is 13.6. The first kappa shape index (κ1) is 23.5. The van der Waals surface area contributed by atoms with Crippen LogP contribution in [0, 0.1) is 6.92 Å². The fourth-order valence-corrected chi connectivity index (χ4v) is 6.08. The SMILES string of the molecule is Cc1ccnc(-n2c3ccccc3c3ccc(C(C)(C)c4cccc(N5CN(C)c6ccccc65)c4)cc32)c1. The van der Waals surface area contributed by atoms with Gasteiger partial charge in [0.1, 0.15) is 5.82 Å². The summed E-state index contributed by atoms with van der Waals surface area (Å²) in [6.07, 6.45) is 1.90. The molecule has 1 aliphatic rings. The molecule has 0 bridgehead atoms. The van der Waals surface area contributed by atoms with Gasteiger partial charge in [0, 0.05) is 35.1 Å². The van der Waals surface area contributed by atoms with Gasteiger partial charge in [-0.15, -0.1) is 0 Å². The fourth-order valence-electron chi connectivity index (χ4n) is 6.08. The highest BCUT2D eigenvalue weighted by atomic mass is 15.4. The highest BCUT2D eigenvalue weighted by Crippen LogP contribution is 2.42. The summed E-state index contributed by atoms with van der Waals surface area (Å²) in [6.45, 7) is 7.63. The average molecular weight is 509 g/mol. The van der Waals surface area contributed by atoms with Gasteiger partial charge in [0.25, 0.3) is 0 Å². The van der Waals surface area contributed by atoms with Crippen molar-refractivity contribution in [2.45, 2.75) is 26.2 Å². The third-order valence-corrected chi connectivity index (χ3v) is 8.34. The van der Waals surface area contributed by atoms with Crippen LogP contribution in [0.2, 0.25) is 0 Å². The van der Waals surface area contributed by atoms with Crippen molar-refractivity contribution in [3.63, 3.8) is 0 Å². The van der Waals surface area contributed by atoms with Crippen LogP contribution in [0.1, 0.15) is 30.5 Å². The molecule has 0 unspecified atom stereocenters. The molecule has 0 spiro atoms. The van der Waals surface area contributed by atoms with E-state index in [1.807, 2.05) is 6.20 Å². The van der Waals surface area contributed by atoms with Gasteiger partial charge in [0.2, 0.25) is 0 Å². The summed E-state index contributed by atoms with van der Waals surface area (Å²) < 4.78 is 2.31. The Morgan fingerprint density at radius 3 is 2.28 bits per heavy atom. The number of fused-ring (bicyclic) bond motifs is 4. The van der Waals surface area contributed by atoms with Gasteiger partial charge < -0.3 is 9.80 Å². The number of aromatic nitrogens is 2. The molecule has 0 aliphatic carbocycles. The Morgan fingerprint density at radius 2 is 1.44 bits per heavy atom. The van der Waals surface area contributed by atoms with Gasteiger partial charge in [-0.3, -0.25) is 4.57 Å². The van der Waals surface area contributed by atoms with E-state index in [9.17, 15) is 0 Å². The summed E-state index contributed by atoms with van der Waals surface area (Å²) in [4.78, 5) is 9.47. The lowest BCUT2D eigenvalue weighted by molar-refractivity contribution is 0.641. The Hall–Kier alpha value is -4.57. The number of nitrogens with zero attached hydrogens (tertiary/aromatic N) is 4. The fraction of sp³-hybridized carbons (Fsp3) is 0.171. The molecule has 0 amide bonds. The summed E-state index contributed by atoms with van der Waals surface area (Å²) in [6, 6.07) is 37.5. The zero-order valence-corrected chi connectivity index (χ0v) is 22.9. The molecule has 0 radical (unpaired) electrons. The summed E-state index contributed by atoms with van der Waals surface area (Å²) >= 11 is 0. The first-order valence-corrected chi connectivity index (χ1v) is 13.6. The van der Waals surface area contributed by atoms with E-state index in [0.29, 0.717) is 0 Å². The molecule has 2 aromatic heterocycles. The number of pyridine rings is 1. The maximum absolute atomic E-state index is 4.77. The second-order valence-electron chi connectivity index (χ2n) is 11.2. The van der Waals surface area contributed by atoms with Crippen LogP contribution in [0.4, 0.5) is 17.1 Å². The van der Waals surface area contributed by atoms with Crippen LogP contribution in [0.3, 0.4) is 0 Å². The van der Waals surface area contributed by atoms with Crippen LogP contribution >= 0.6 is 0 Å². The van der Waals surface area contributed by atoms with Crippen molar-refractivity contribution in [1.29, 1.82) is 0 Å². The quantitative estimate of drug-likeness (QED) is 0.239.